The van der Waals surface area contributed by atoms with Crippen molar-refractivity contribution in [3.8, 4) is 0 Å². The van der Waals surface area contributed by atoms with Gasteiger partial charge in [0.2, 0.25) is 0 Å². The molecular weight excluding hydrogens is 231 g/mol. The molecule has 0 rings (SSSR count). The third-order valence-electron chi connectivity index (χ3n) is 0.985. The molecule has 0 aliphatic rings. The standard InChI is InChI=1S/C5H9BF3O2S.K/c1-11-5(10)2-3-12-4-6(7,8)9;/h2-4H2,1H3;/q-1;+1. The molecule has 0 unspecified atom stereocenters. The number of hydrogen-bond acceptors (Lipinski definition) is 3. The van der Waals surface area contributed by atoms with Crippen LogP contribution in [0.15, 0.2) is 0 Å². The van der Waals surface area contributed by atoms with Crippen LogP contribution in [0, 0.1) is 0 Å². The maximum Gasteiger partial charge on any atom is 1.00 e. The number of methoxy groups -OCH3 is 1. The predicted octanol–water partition coefficient (Wildman–Crippen LogP) is -1.33. The Kier molecular flexibility index (Phi) is 11.1. The molecule has 2 nitrogen and oxygen atoms in total. The molecular formula is C5H9BF3KO2S. The van der Waals surface area contributed by atoms with Crippen molar-refractivity contribution < 1.29 is 73.9 Å². The monoisotopic (exact) mass is 240 g/mol. The van der Waals surface area contributed by atoms with Crippen molar-refractivity contribution in [1.29, 1.82) is 0 Å². The van der Waals surface area contributed by atoms with E-state index in [4.69, 9.17) is 0 Å². The van der Waals surface area contributed by atoms with Crippen LogP contribution in [0.3, 0.4) is 0 Å². The van der Waals surface area contributed by atoms with Gasteiger partial charge in [-0.2, -0.15) is 11.8 Å². The molecule has 0 atom stereocenters. The minimum absolute atomic E-state index is 0. The van der Waals surface area contributed by atoms with Crippen molar-refractivity contribution in [3.05, 3.63) is 0 Å². The molecule has 0 heterocycles. The van der Waals surface area contributed by atoms with Gasteiger partial charge in [-0.05, 0) is 5.65 Å². The van der Waals surface area contributed by atoms with Crippen LogP contribution in [0.1, 0.15) is 6.42 Å². The summed E-state index contributed by atoms with van der Waals surface area (Å²) in [6.07, 6.45) is 0.0350. The van der Waals surface area contributed by atoms with Crippen molar-refractivity contribution in [3.63, 3.8) is 0 Å². The summed E-state index contributed by atoms with van der Waals surface area (Å²) in [5, 5.41) is 0. The van der Waals surface area contributed by atoms with Crippen LogP contribution >= 0.6 is 11.8 Å². The molecule has 0 radical (unpaired) electrons. The van der Waals surface area contributed by atoms with Crippen LogP contribution in [-0.2, 0) is 9.53 Å². The summed E-state index contributed by atoms with van der Waals surface area (Å²) in [5.74, 6) is -0.314. The largest absolute Gasteiger partial charge is 1.00 e. The maximum absolute atomic E-state index is 11.6. The number of thioether (sulfide) groups is 1. The van der Waals surface area contributed by atoms with Crippen LogP contribution in [-0.4, -0.2) is 31.5 Å². The SMILES string of the molecule is COC(=O)CCSC[B-](F)(F)F.[K+]. The number of hydrogen-bond donors (Lipinski definition) is 0. The van der Waals surface area contributed by atoms with Crippen molar-refractivity contribution >= 4 is 24.7 Å². The maximum atomic E-state index is 11.6. The third-order valence-corrected chi connectivity index (χ3v) is 2.09. The van der Waals surface area contributed by atoms with Crippen LogP contribution in [0.25, 0.3) is 0 Å². The van der Waals surface area contributed by atoms with Gasteiger partial charge in [-0.25, -0.2) is 0 Å². The molecule has 0 saturated carbocycles. The van der Waals surface area contributed by atoms with Gasteiger partial charge < -0.3 is 17.7 Å². The molecule has 0 bridgehead atoms. The Morgan fingerprint density at radius 3 is 2.38 bits per heavy atom. The van der Waals surface area contributed by atoms with E-state index in [2.05, 4.69) is 4.74 Å². The molecule has 13 heavy (non-hydrogen) atoms. The van der Waals surface area contributed by atoms with Gasteiger partial charge in [0.25, 0.3) is 0 Å². The zero-order valence-electron chi connectivity index (χ0n) is 7.56. The fraction of sp³-hybridized carbons (Fsp3) is 0.800. The molecule has 0 N–H and O–H groups in total. The van der Waals surface area contributed by atoms with E-state index in [1.165, 1.54) is 7.11 Å². The summed E-state index contributed by atoms with van der Waals surface area (Å²) in [6, 6.07) is 0. The zero-order valence-corrected chi connectivity index (χ0v) is 11.5. The number of halogens is 3. The van der Waals surface area contributed by atoms with Crippen molar-refractivity contribution in [1.82, 2.24) is 0 Å². The second-order valence-corrected chi connectivity index (χ2v) is 3.26. The Balaban J connectivity index is 0. The Hall–Kier alpha value is 1.31. The third kappa shape index (κ3) is 13.3. The van der Waals surface area contributed by atoms with E-state index in [0.717, 1.165) is 0 Å². The fourth-order valence-electron chi connectivity index (χ4n) is 0.475. The van der Waals surface area contributed by atoms with E-state index >= 15 is 0 Å². The molecule has 0 aliphatic carbocycles. The average molecular weight is 240 g/mol. The first kappa shape index (κ1) is 16.7. The molecule has 72 valence electrons. The average Bonchev–Trinajstić information content (AvgIpc) is 1.96. The minimum Gasteiger partial charge on any atom is -0.469 e. The summed E-state index contributed by atoms with van der Waals surface area (Å²) in [6.45, 7) is -4.73. The number of carbonyl (C=O) groups excluding carboxylic acids is 1. The van der Waals surface area contributed by atoms with Crippen molar-refractivity contribution in [2.75, 3.05) is 18.5 Å². The molecule has 0 aromatic carbocycles. The summed E-state index contributed by atoms with van der Waals surface area (Å²) >= 11 is 0.706. The van der Waals surface area contributed by atoms with E-state index in [1.807, 2.05) is 0 Å². The molecule has 0 aromatic rings. The number of esters is 1. The van der Waals surface area contributed by atoms with E-state index in [9.17, 15) is 17.7 Å². The molecule has 0 saturated heterocycles. The smallest absolute Gasteiger partial charge is 0.469 e. The Morgan fingerprint density at radius 1 is 1.46 bits per heavy atom. The summed E-state index contributed by atoms with van der Waals surface area (Å²) < 4.78 is 39.0. The second kappa shape index (κ2) is 8.61. The molecule has 0 spiro atoms. The number of rotatable bonds is 5. The molecule has 0 fully saturated rings. The summed E-state index contributed by atoms with van der Waals surface area (Å²) in [5.41, 5.74) is -0.850. The van der Waals surface area contributed by atoms with Crippen LogP contribution < -0.4 is 51.4 Å². The van der Waals surface area contributed by atoms with Gasteiger partial charge in [0.15, 0.2) is 0 Å². The Morgan fingerprint density at radius 2 is 2.00 bits per heavy atom. The van der Waals surface area contributed by atoms with Gasteiger partial charge >= 0.3 is 64.3 Å². The van der Waals surface area contributed by atoms with Crippen LogP contribution in [0.4, 0.5) is 12.9 Å². The van der Waals surface area contributed by atoms with E-state index < -0.39 is 18.6 Å². The molecule has 0 aromatic heterocycles. The van der Waals surface area contributed by atoms with Gasteiger partial charge in [-0.1, -0.05) is 0 Å². The quantitative estimate of drug-likeness (QED) is 0.338. The van der Waals surface area contributed by atoms with Gasteiger partial charge in [-0.3, -0.25) is 4.79 Å². The van der Waals surface area contributed by atoms with Crippen LogP contribution in [0.2, 0.25) is 0 Å². The van der Waals surface area contributed by atoms with Crippen molar-refractivity contribution in [2.24, 2.45) is 0 Å². The first-order valence-corrected chi connectivity index (χ1v) is 4.47. The van der Waals surface area contributed by atoms with E-state index in [1.54, 1.807) is 0 Å². The Bertz CT molecular complexity index is 155. The number of carbonyl (C=O) groups is 1. The van der Waals surface area contributed by atoms with E-state index in [-0.39, 0.29) is 63.6 Å². The molecule has 0 amide bonds. The van der Waals surface area contributed by atoms with E-state index in [0.29, 0.717) is 11.8 Å². The number of ether oxygens (including phenoxy) is 1. The van der Waals surface area contributed by atoms with Crippen molar-refractivity contribution in [2.45, 2.75) is 6.42 Å². The second-order valence-electron chi connectivity index (χ2n) is 2.11. The summed E-state index contributed by atoms with van der Waals surface area (Å²) in [7, 11) is 1.21. The normalized spacial score (nSPS) is 10.5. The Labute approximate surface area is 122 Å². The van der Waals surface area contributed by atoms with Gasteiger partial charge in [-0.15, -0.1) is 0 Å². The van der Waals surface area contributed by atoms with Gasteiger partial charge in [0, 0.05) is 5.75 Å². The first-order chi connectivity index (χ1) is 5.45. The van der Waals surface area contributed by atoms with Gasteiger partial charge in [0.1, 0.15) is 0 Å². The predicted molar refractivity (Wildman–Crippen MR) is 43.0 cm³/mol. The molecule has 0 aliphatic heterocycles. The summed E-state index contributed by atoms with van der Waals surface area (Å²) in [4.78, 5) is 10.4. The molecule has 8 heteroatoms. The zero-order chi connectivity index (χ0) is 9.61. The fourth-order valence-corrected chi connectivity index (χ4v) is 1.22. The topological polar surface area (TPSA) is 26.3 Å². The van der Waals surface area contributed by atoms with Gasteiger partial charge in [0.05, 0.1) is 13.5 Å². The van der Waals surface area contributed by atoms with Crippen LogP contribution in [0.5, 0.6) is 0 Å². The first-order valence-electron chi connectivity index (χ1n) is 3.31. The minimum atomic E-state index is -4.73.